The van der Waals surface area contributed by atoms with Gasteiger partial charge in [0.25, 0.3) is 5.60 Å². The first kappa shape index (κ1) is 27.7. The predicted octanol–water partition coefficient (Wildman–Crippen LogP) is 6.54. The molecule has 0 saturated heterocycles. The number of aliphatic hydroxyl groups excluding tert-OH is 2. The van der Waals surface area contributed by atoms with E-state index in [1.807, 2.05) is 6.08 Å². The maximum absolute atomic E-state index is 13.1. The van der Waals surface area contributed by atoms with Gasteiger partial charge in [-0.1, -0.05) is 36.3 Å². The summed E-state index contributed by atoms with van der Waals surface area (Å²) in [4.78, 5) is 0. The molecule has 9 heteroatoms. The van der Waals surface area contributed by atoms with Gasteiger partial charge < -0.3 is 15.3 Å². The number of hydrogen-bond acceptors (Lipinski definition) is 3. The van der Waals surface area contributed by atoms with Crippen molar-refractivity contribution in [3.63, 3.8) is 0 Å². The average Bonchev–Trinajstić information content (AvgIpc) is 3.42. The average molecular weight is 523 g/mol. The fourth-order valence-electron chi connectivity index (χ4n) is 7.45. The van der Waals surface area contributed by atoms with E-state index >= 15 is 0 Å². The number of allylic oxidation sites excluding steroid dienone is 4. The first-order chi connectivity index (χ1) is 16.6. The molecule has 4 aliphatic rings. The normalized spacial score (nSPS) is 36.4. The van der Waals surface area contributed by atoms with Gasteiger partial charge in [0.15, 0.2) is 0 Å². The van der Waals surface area contributed by atoms with Crippen LogP contribution in [0, 0.1) is 22.7 Å². The van der Waals surface area contributed by atoms with E-state index in [9.17, 15) is 41.7 Å². The fourth-order valence-corrected chi connectivity index (χ4v) is 7.45. The van der Waals surface area contributed by atoms with Crippen molar-refractivity contribution in [1.29, 1.82) is 0 Å². The van der Waals surface area contributed by atoms with Crippen LogP contribution in [0.15, 0.2) is 35.5 Å². The van der Waals surface area contributed by atoms with Crippen LogP contribution in [0.1, 0.15) is 77.6 Å². The highest BCUT2D eigenvalue weighted by molar-refractivity contribution is 5.27. The quantitative estimate of drug-likeness (QED) is 0.284. The molecule has 4 saturated carbocycles. The monoisotopic (exact) mass is 522 g/mol. The summed E-state index contributed by atoms with van der Waals surface area (Å²) in [5, 5.41) is 29.4. The predicted molar refractivity (Wildman–Crippen MR) is 123 cm³/mol. The lowest BCUT2D eigenvalue weighted by molar-refractivity contribution is -0.347. The smallest absolute Gasteiger partial charge is 0.393 e. The molecule has 0 heterocycles. The highest BCUT2D eigenvalue weighted by Gasteiger charge is 2.69. The zero-order valence-corrected chi connectivity index (χ0v) is 20.5. The minimum absolute atomic E-state index is 0.0805. The van der Waals surface area contributed by atoms with Crippen LogP contribution in [-0.2, 0) is 0 Å². The molecule has 1 unspecified atom stereocenters. The van der Waals surface area contributed by atoms with Crippen molar-refractivity contribution in [2.75, 3.05) is 0 Å². The van der Waals surface area contributed by atoms with Crippen LogP contribution in [0.3, 0.4) is 0 Å². The lowest BCUT2D eigenvalue weighted by Crippen LogP contribution is -2.55. The molecule has 0 aromatic carbocycles. The molecule has 4 fully saturated rings. The van der Waals surface area contributed by atoms with Gasteiger partial charge in [-0.3, -0.25) is 0 Å². The number of fused-ring (bicyclic) bond motifs is 1. The van der Waals surface area contributed by atoms with Crippen molar-refractivity contribution in [2.24, 2.45) is 22.7 Å². The van der Waals surface area contributed by atoms with Gasteiger partial charge in [-0.05, 0) is 99.4 Å². The van der Waals surface area contributed by atoms with Gasteiger partial charge in [0, 0.05) is 0 Å². The van der Waals surface area contributed by atoms with Crippen LogP contribution >= 0.6 is 0 Å². The van der Waals surface area contributed by atoms with E-state index in [-0.39, 0.29) is 29.2 Å². The van der Waals surface area contributed by atoms with Crippen LogP contribution in [0.5, 0.6) is 0 Å². The molecule has 0 spiro atoms. The highest BCUT2D eigenvalue weighted by Crippen LogP contribution is 2.69. The lowest BCUT2D eigenvalue weighted by atomic mass is 9.59. The van der Waals surface area contributed by atoms with Crippen LogP contribution in [-0.4, -0.2) is 45.5 Å². The summed E-state index contributed by atoms with van der Waals surface area (Å²) in [6.07, 6.45) is -0.0501. The third-order valence-corrected chi connectivity index (χ3v) is 9.42. The van der Waals surface area contributed by atoms with Gasteiger partial charge >= 0.3 is 12.4 Å². The Balaban J connectivity index is 1.50. The molecular weight excluding hydrogens is 486 g/mol. The zero-order valence-electron chi connectivity index (χ0n) is 20.5. The summed E-state index contributed by atoms with van der Waals surface area (Å²) in [6.45, 7) is 2.22. The van der Waals surface area contributed by atoms with Crippen LogP contribution in [0.4, 0.5) is 26.3 Å². The molecule has 0 amide bonds. The summed E-state index contributed by atoms with van der Waals surface area (Å²) < 4.78 is 78.3. The molecule has 4 rings (SSSR count). The zero-order chi connectivity index (χ0) is 26.6. The molecule has 3 N–H and O–H groups in total. The molecule has 3 nitrogen and oxygen atoms in total. The topological polar surface area (TPSA) is 60.7 Å². The molecule has 0 radical (unpaired) electrons. The Hall–Kier alpha value is -1.32. The van der Waals surface area contributed by atoms with Crippen LogP contribution in [0.2, 0.25) is 0 Å². The molecule has 204 valence electrons. The van der Waals surface area contributed by atoms with Crippen molar-refractivity contribution in [1.82, 2.24) is 0 Å². The molecule has 5 atom stereocenters. The number of halogens is 6. The number of rotatable bonds is 5. The lowest BCUT2D eigenvalue weighted by Gasteiger charge is -2.45. The van der Waals surface area contributed by atoms with E-state index in [2.05, 4.69) is 13.0 Å². The summed E-state index contributed by atoms with van der Waals surface area (Å²) in [6, 6.07) is 0. The number of aliphatic hydroxyl groups is 3. The molecule has 0 bridgehead atoms. The van der Waals surface area contributed by atoms with E-state index in [4.69, 9.17) is 0 Å². The molecule has 36 heavy (non-hydrogen) atoms. The van der Waals surface area contributed by atoms with Crippen molar-refractivity contribution in [2.45, 2.75) is 108 Å². The SMILES string of the molecule is C[C@]12CCCC(=CC=C3C[C@@H](O)C[C@H](O)C3)C1CC[C@@H]2C1(CC=CC(O)(C(F)(F)F)C(F)(F)F)CC1. The molecule has 0 aromatic heterocycles. The minimum atomic E-state index is -5.84. The van der Waals surface area contributed by atoms with Gasteiger partial charge in [0.2, 0.25) is 0 Å². The van der Waals surface area contributed by atoms with E-state index in [0.717, 1.165) is 56.6 Å². The van der Waals surface area contributed by atoms with Gasteiger partial charge in [0.05, 0.1) is 12.2 Å². The summed E-state index contributed by atoms with van der Waals surface area (Å²) in [5.74, 6) is 0.495. The third-order valence-electron chi connectivity index (χ3n) is 9.42. The van der Waals surface area contributed by atoms with E-state index in [0.29, 0.717) is 25.2 Å². The summed E-state index contributed by atoms with van der Waals surface area (Å²) >= 11 is 0. The first-order valence-electron chi connectivity index (χ1n) is 12.9. The molecule has 0 aliphatic heterocycles. The highest BCUT2D eigenvalue weighted by atomic mass is 19.4. The number of hydrogen-bond donors (Lipinski definition) is 3. The van der Waals surface area contributed by atoms with E-state index in [1.54, 1.807) is 0 Å². The molecule has 0 aromatic rings. The Bertz CT molecular complexity index is 887. The maximum Gasteiger partial charge on any atom is 0.429 e. The third kappa shape index (κ3) is 5.04. The van der Waals surface area contributed by atoms with Crippen molar-refractivity contribution in [3.05, 3.63) is 35.5 Å². The summed E-state index contributed by atoms with van der Waals surface area (Å²) in [7, 11) is 0. The largest absolute Gasteiger partial charge is 0.429 e. The second-order valence-electron chi connectivity index (χ2n) is 11.8. The second kappa shape index (κ2) is 9.45. The minimum Gasteiger partial charge on any atom is -0.393 e. The Morgan fingerprint density at radius 3 is 2.08 bits per heavy atom. The fraction of sp³-hybridized carbons (Fsp3) is 0.778. The second-order valence-corrected chi connectivity index (χ2v) is 11.8. The summed E-state index contributed by atoms with van der Waals surface area (Å²) in [5.41, 5.74) is -2.92. The van der Waals surface area contributed by atoms with Gasteiger partial charge in [-0.25, -0.2) is 0 Å². The maximum atomic E-state index is 13.1. The Morgan fingerprint density at radius 2 is 1.53 bits per heavy atom. The number of alkyl halides is 6. The van der Waals surface area contributed by atoms with Crippen LogP contribution < -0.4 is 0 Å². The Kier molecular flexibility index (Phi) is 7.28. The van der Waals surface area contributed by atoms with Crippen molar-refractivity contribution >= 4 is 0 Å². The first-order valence-corrected chi connectivity index (χ1v) is 12.9. The van der Waals surface area contributed by atoms with Gasteiger partial charge in [-0.2, -0.15) is 26.3 Å². The van der Waals surface area contributed by atoms with Crippen LogP contribution in [0.25, 0.3) is 0 Å². The van der Waals surface area contributed by atoms with Crippen molar-refractivity contribution < 1.29 is 41.7 Å². The Morgan fingerprint density at radius 1 is 0.917 bits per heavy atom. The van der Waals surface area contributed by atoms with Gasteiger partial charge in [0.1, 0.15) is 0 Å². The van der Waals surface area contributed by atoms with E-state index < -0.39 is 30.2 Å². The standard InChI is InChI=1S/C27H36F6O3/c1-23-9-2-4-18(6-5-17-14-19(34)16-20(35)15-17)21(23)7-8-22(23)24(12-13-24)10-3-11-25(36,26(28,29)30)27(31,32)33/h3,5-6,11,19-22,34-36H,2,4,7-10,12-16H2,1H3/t19-,20-,21?,22+,23+/m1/s1. The molecule has 4 aliphatic carbocycles. The molecular formula is C27H36F6O3. The Labute approximate surface area is 208 Å². The van der Waals surface area contributed by atoms with Gasteiger partial charge in [-0.15, -0.1) is 0 Å². The van der Waals surface area contributed by atoms with E-state index in [1.165, 1.54) is 5.57 Å². The van der Waals surface area contributed by atoms with Crippen molar-refractivity contribution in [3.8, 4) is 0 Å².